The average Bonchev–Trinajstić information content (AvgIpc) is 3.41. The summed E-state index contributed by atoms with van der Waals surface area (Å²) in [5.74, 6) is 0.0660. The lowest BCUT2D eigenvalue weighted by atomic mass is 10.2. The number of amides is 1. The lowest BCUT2D eigenvalue weighted by Crippen LogP contribution is -2.33. The van der Waals surface area contributed by atoms with Gasteiger partial charge < -0.3 is 4.90 Å². The zero-order chi connectivity index (χ0) is 22.7. The van der Waals surface area contributed by atoms with Crippen molar-refractivity contribution >= 4 is 44.9 Å². The Hall–Kier alpha value is -2.63. The maximum Gasteiger partial charge on any atom is 0.263 e. The van der Waals surface area contributed by atoms with Crippen molar-refractivity contribution in [3.05, 3.63) is 51.1 Å². The van der Waals surface area contributed by atoms with Crippen molar-refractivity contribution < 1.29 is 4.79 Å². The fraction of sp³-hybridized carbons (Fsp3) is 0.417. The van der Waals surface area contributed by atoms with Gasteiger partial charge in [0.25, 0.3) is 5.56 Å². The van der Waals surface area contributed by atoms with E-state index in [-0.39, 0.29) is 29.7 Å². The van der Waals surface area contributed by atoms with E-state index in [2.05, 4.69) is 6.07 Å². The van der Waals surface area contributed by atoms with Gasteiger partial charge in [-0.05, 0) is 44.4 Å². The second-order valence-corrected chi connectivity index (χ2v) is 10.2. The third-order valence-electron chi connectivity index (χ3n) is 6.03. The summed E-state index contributed by atoms with van der Waals surface area (Å²) in [6, 6.07) is 11.7. The fourth-order valence-corrected chi connectivity index (χ4v) is 6.26. The van der Waals surface area contributed by atoms with E-state index < -0.39 is 0 Å². The van der Waals surface area contributed by atoms with Crippen LogP contribution >= 0.6 is 23.1 Å². The summed E-state index contributed by atoms with van der Waals surface area (Å²) in [5.41, 5.74) is 1.80. The van der Waals surface area contributed by atoms with E-state index >= 15 is 0 Å². The van der Waals surface area contributed by atoms with Crippen LogP contribution in [0.1, 0.15) is 48.6 Å². The number of aryl methyl sites for hydroxylation is 2. The van der Waals surface area contributed by atoms with E-state index in [1.807, 2.05) is 48.7 Å². The van der Waals surface area contributed by atoms with Crippen molar-refractivity contribution in [1.82, 2.24) is 9.55 Å². The SMILES string of the molecule is Cc1sc2nc(SCC(=O)N(CCC#N)c3ccccc3)n(C3CCCC3)c(=O)c2c1C. The highest BCUT2D eigenvalue weighted by Gasteiger charge is 2.26. The average molecular weight is 467 g/mol. The Morgan fingerprint density at radius 1 is 1.28 bits per heavy atom. The predicted octanol–water partition coefficient (Wildman–Crippen LogP) is 5.23. The lowest BCUT2D eigenvalue weighted by molar-refractivity contribution is -0.116. The van der Waals surface area contributed by atoms with Crippen LogP contribution < -0.4 is 10.5 Å². The summed E-state index contributed by atoms with van der Waals surface area (Å²) in [5, 5.41) is 10.4. The van der Waals surface area contributed by atoms with Crippen molar-refractivity contribution in [2.24, 2.45) is 0 Å². The molecule has 1 fully saturated rings. The van der Waals surface area contributed by atoms with Gasteiger partial charge >= 0.3 is 0 Å². The molecule has 0 unspecified atom stereocenters. The molecular formula is C24H26N4O2S2. The van der Waals surface area contributed by atoms with Gasteiger partial charge in [0.15, 0.2) is 5.16 Å². The summed E-state index contributed by atoms with van der Waals surface area (Å²) < 4.78 is 1.84. The van der Waals surface area contributed by atoms with Crippen LogP contribution in [0.3, 0.4) is 0 Å². The number of aromatic nitrogens is 2. The summed E-state index contributed by atoms with van der Waals surface area (Å²) >= 11 is 2.86. The first-order valence-electron chi connectivity index (χ1n) is 10.9. The number of benzene rings is 1. The Bertz CT molecular complexity index is 1220. The molecule has 166 valence electrons. The number of hydrogen-bond acceptors (Lipinski definition) is 6. The minimum atomic E-state index is -0.0951. The zero-order valence-electron chi connectivity index (χ0n) is 18.3. The first kappa shape index (κ1) is 22.6. The van der Waals surface area contributed by atoms with Crippen molar-refractivity contribution in [3.63, 3.8) is 0 Å². The van der Waals surface area contributed by atoms with E-state index in [1.54, 1.807) is 4.90 Å². The molecule has 0 atom stereocenters. The van der Waals surface area contributed by atoms with E-state index in [0.29, 0.717) is 11.7 Å². The minimum Gasteiger partial charge on any atom is -0.311 e. The zero-order valence-corrected chi connectivity index (χ0v) is 20.0. The van der Waals surface area contributed by atoms with Crippen molar-refractivity contribution in [2.75, 3.05) is 17.2 Å². The number of carbonyl (C=O) groups is 1. The number of fused-ring (bicyclic) bond motifs is 1. The molecule has 2 heterocycles. The van der Waals surface area contributed by atoms with Crippen molar-refractivity contribution in [3.8, 4) is 6.07 Å². The van der Waals surface area contributed by atoms with Gasteiger partial charge in [-0.15, -0.1) is 11.3 Å². The topological polar surface area (TPSA) is 79.0 Å². The normalized spacial score (nSPS) is 14.0. The number of rotatable bonds is 7. The minimum absolute atomic E-state index is 0.0168. The molecule has 1 aromatic carbocycles. The number of hydrogen-bond donors (Lipinski definition) is 0. The highest BCUT2D eigenvalue weighted by atomic mass is 32.2. The Morgan fingerprint density at radius 2 is 2.00 bits per heavy atom. The van der Waals surface area contributed by atoms with Gasteiger partial charge in [-0.3, -0.25) is 14.2 Å². The predicted molar refractivity (Wildman–Crippen MR) is 131 cm³/mol. The van der Waals surface area contributed by atoms with Crippen LogP contribution in [0.5, 0.6) is 0 Å². The lowest BCUT2D eigenvalue weighted by Gasteiger charge is -2.22. The van der Waals surface area contributed by atoms with E-state index in [1.165, 1.54) is 23.1 Å². The molecule has 32 heavy (non-hydrogen) atoms. The summed E-state index contributed by atoms with van der Waals surface area (Å²) in [7, 11) is 0. The van der Waals surface area contributed by atoms with Crippen LogP contribution in [0.4, 0.5) is 5.69 Å². The van der Waals surface area contributed by atoms with Gasteiger partial charge in [0.1, 0.15) is 4.83 Å². The summed E-state index contributed by atoms with van der Waals surface area (Å²) in [6.45, 7) is 4.34. The number of nitriles is 1. The molecule has 1 amide bonds. The highest BCUT2D eigenvalue weighted by molar-refractivity contribution is 7.99. The molecule has 2 aromatic heterocycles. The molecule has 0 bridgehead atoms. The van der Waals surface area contributed by atoms with Crippen LogP contribution in [-0.4, -0.2) is 27.8 Å². The number of thiophene rings is 1. The maximum atomic E-state index is 13.5. The van der Waals surface area contributed by atoms with Crippen molar-refractivity contribution in [1.29, 1.82) is 5.26 Å². The second kappa shape index (κ2) is 9.88. The molecule has 1 aliphatic carbocycles. The Labute approximate surface area is 195 Å². The molecule has 0 spiro atoms. The standard InChI is InChI=1S/C24H26N4O2S2/c1-16-17(2)32-22-21(16)23(30)28(19-11-6-7-12-19)24(26-22)31-15-20(29)27(14-8-13-25)18-9-4-3-5-10-18/h3-5,9-10,19H,6-8,11-12,14-15H2,1-2H3. The van der Waals surface area contributed by atoms with Gasteiger partial charge in [0.2, 0.25) is 5.91 Å². The van der Waals surface area contributed by atoms with Gasteiger partial charge in [0.05, 0.1) is 23.6 Å². The first-order chi connectivity index (χ1) is 15.5. The second-order valence-electron chi connectivity index (χ2n) is 8.05. The van der Waals surface area contributed by atoms with Gasteiger partial charge in [-0.25, -0.2) is 4.98 Å². The van der Waals surface area contributed by atoms with Gasteiger partial charge in [0, 0.05) is 23.2 Å². The highest BCUT2D eigenvalue weighted by Crippen LogP contribution is 2.34. The molecule has 1 saturated carbocycles. The van der Waals surface area contributed by atoms with E-state index in [9.17, 15) is 9.59 Å². The fourth-order valence-electron chi connectivity index (χ4n) is 4.25. The number of thioether (sulfide) groups is 1. The number of nitrogens with zero attached hydrogens (tertiary/aromatic N) is 4. The van der Waals surface area contributed by atoms with Crippen LogP contribution in [0, 0.1) is 25.2 Å². The molecule has 0 radical (unpaired) electrons. The summed E-state index contributed by atoms with van der Waals surface area (Å²) in [4.78, 5) is 35.0. The van der Waals surface area contributed by atoms with E-state index in [0.717, 1.165) is 52.0 Å². The van der Waals surface area contributed by atoms with E-state index in [4.69, 9.17) is 10.2 Å². The molecule has 6 nitrogen and oxygen atoms in total. The first-order valence-corrected chi connectivity index (χ1v) is 12.7. The number of para-hydroxylation sites is 1. The van der Waals surface area contributed by atoms with Crippen LogP contribution in [0.2, 0.25) is 0 Å². The van der Waals surface area contributed by atoms with Gasteiger partial charge in [-0.2, -0.15) is 5.26 Å². The third-order valence-corrected chi connectivity index (χ3v) is 8.07. The Morgan fingerprint density at radius 3 is 2.69 bits per heavy atom. The third kappa shape index (κ3) is 4.45. The summed E-state index contributed by atoms with van der Waals surface area (Å²) in [6.07, 6.45) is 4.41. The monoisotopic (exact) mass is 466 g/mol. The molecule has 8 heteroatoms. The molecule has 0 N–H and O–H groups in total. The maximum absolute atomic E-state index is 13.5. The molecule has 0 aliphatic heterocycles. The molecule has 3 aromatic rings. The van der Waals surface area contributed by atoms with Crippen LogP contribution in [-0.2, 0) is 4.79 Å². The smallest absolute Gasteiger partial charge is 0.263 e. The van der Waals surface area contributed by atoms with Gasteiger partial charge in [-0.1, -0.05) is 42.8 Å². The number of carbonyl (C=O) groups excluding carboxylic acids is 1. The quantitative estimate of drug-likeness (QED) is 0.352. The molecular weight excluding hydrogens is 440 g/mol. The molecule has 1 aliphatic rings. The Balaban J connectivity index is 1.66. The molecule has 4 rings (SSSR count). The molecule has 0 saturated heterocycles. The van der Waals surface area contributed by atoms with Crippen LogP contribution in [0.25, 0.3) is 10.2 Å². The largest absolute Gasteiger partial charge is 0.311 e. The Kier molecular flexibility index (Phi) is 6.97. The van der Waals surface area contributed by atoms with Crippen LogP contribution in [0.15, 0.2) is 40.3 Å². The number of anilines is 1. The van der Waals surface area contributed by atoms with Crippen molar-refractivity contribution in [2.45, 2.75) is 57.1 Å².